The highest BCUT2D eigenvalue weighted by Crippen LogP contribution is 2.23. The van der Waals surface area contributed by atoms with Gasteiger partial charge in [-0.05, 0) is 26.2 Å². The maximum atomic E-state index is 11.7. The van der Waals surface area contributed by atoms with Crippen LogP contribution in [0.15, 0.2) is 0 Å². The molecular weight excluding hydrogens is 208 g/mol. The van der Waals surface area contributed by atoms with Crippen molar-refractivity contribution in [2.45, 2.75) is 43.9 Å². The average molecular weight is 228 g/mol. The van der Waals surface area contributed by atoms with Gasteiger partial charge in [0.1, 0.15) is 0 Å². The normalized spacial score (nSPS) is 38.9. The van der Waals surface area contributed by atoms with Crippen LogP contribution in [-0.4, -0.2) is 48.5 Å². The van der Waals surface area contributed by atoms with E-state index in [0.29, 0.717) is 19.5 Å². The molecule has 0 saturated carbocycles. The Labute approximate surface area is 95.5 Å². The molecule has 2 aliphatic rings. The Kier molecular flexibility index (Phi) is 3.47. The van der Waals surface area contributed by atoms with Gasteiger partial charge in [0.2, 0.25) is 5.91 Å². The number of rotatable bonds is 3. The van der Waals surface area contributed by atoms with Crippen molar-refractivity contribution in [3.63, 3.8) is 0 Å². The predicted octanol–water partition coefficient (Wildman–Crippen LogP) is -0.605. The first-order chi connectivity index (χ1) is 7.59. The molecule has 92 valence electrons. The van der Waals surface area contributed by atoms with E-state index in [2.05, 4.69) is 10.6 Å². The van der Waals surface area contributed by atoms with Gasteiger partial charge in [0.05, 0.1) is 17.7 Å². The SMILES string of the molecule is CC1(CNC(=O)C2CC(O)CN2)CCCO1. The molecule has 2 aliphatic heterocycles. The first-order valence-corrected chi connectivity index (χ1v) is 5.92. The van der Waals surface area contributed by atoms with Gasteiger partial charge in [0.25, 0.3) is 0 Å². The summed E-state index contributed by atoms with van der Waals surface area (Å²) in [6, 6.07) is -0.250. The number of β-amino-alcohol motifs (C(OH)–C–C–N with tert-alkyl or cyclic N) is 1. The molecule has 3 atom stereocenters. The molecule has 3 unspecified atom stereocenters. The summed E-state index contributed by atoms with van der Waals surface area (Å²) in [5.41, 5.74) is -0.202. The van der Waals surface area contributed by atoms with E-state index < -0.39 is 6.10 Å². The number of aliphatic hydroxyl groups is 1. The highest BCUT2D eigenvalue weighted by Gasteiger charge is 2.32. The van der Waals surface area contributed by atoms with Crippen LogP contribution in [0.5, 0.6) is 0 Å². The molecule has 2 rings (SSSR count). The molecule has 3 N–H and O–H groups in total. The summed E-state index contributed by atoms with van der Waals surface area (Å²) in [5, 5.41) is 15.2. The van der Waals surface area contributed by atoms with Crippen molar-refractivity contribution < 1.29 is 14.6 Å². The lowest BCUT2D eigenvalue weighted by Gasteiger charge is -2.24. The summed E-state index contributed by atoms with van der Waals surface area (Å²) in [7, 11) is 0. The van der Waals surface area contributed by atoms with Gasteiger partial charge in [-0.25, -0.2) is 0 Å². The zero-order valence-electron chi connectivity index (χ0n) is 9.66. The molecule has 0 spiro atoms. The van der Waals surface area contributed by atoms with Crippen LogP contribution in [0, 0.1) is 0 Å². The van der Waals surface area contributed by atoms with Crippen LogP contribution in [0.2, 0.25) is 0 Å². The second kappa shape index (κ2) is 4.69. The summed E-state index contributed by atoms with van der Waals surface area (Å²) in [5.74, 6) is -0.0340. The second-order valence-corrected chi connectivity index (χ2v) is 4.97. The quantitative estimate of drug-likeness (QED) is 0.603. The van der Waals surface area contributed by atoms with Gasteiger partial charge in [-0.3, -0.25) is 4.79 Å². The molecule has 0 aliphatic carbocycles. The van der Waals surface area contributed by atoms with Crippen LogP contribution < -0.4 is 10.6 Å². The fourth-order valence-electron chi connectivity index (χ4n) is 2.29. The van der Waals surface area contributed by atoms with Crippen LogP contribution in [-0.2, 0) is 9.53 Å². The maximum Gasteiger partial charge on any atom is 0.237 e. The Morgan fingerprint density at radius 3 is 3.06 bits per heavy atom. The van der Waals surface area contributed by atoms with E-state index in [1.54, 1.807) is 0 Å². The van der Waals surface area contributed by atoms with Crippen molar-refractivity contribution in [3.8, 4) is 0 Å². The number of hydrogen-bond acceptors (Lipinski definition) is 4. The highest BCUT2D eigenvalue weighted by molar-refractivity contribution is 5.82. The number of amides is 1. The Hall–Kier alpha value is -0.650. The minimum Gasteiger partial charge on any atom is -0.392 e. The van der Waals surface area contributed by atoms with Crippen molar-refractivity contribution in [2.24, 2.45) is 0 Å². The summed E-state index contributed by atoms with van der Waals surface area (Å²) >= 11 is 0. The standard InChI is InChI=1S/C11H20N2O3/c1-11(3-2-4-16-11)7-13-10(15)9-5-8(14)6-12-9/h8-9,12,14H,2-7H2,1H3,(H,13,15). The second-order valence-electron chi connectivity index (χ2n) is 4.97. The smallest absolute Gasteiger partial charge is 0.237 e. The van der Waals surface area contributed by atoms with E-state index >= 15 is 0 Å². The van der Waals surface area contributed by atoms with Gasteiger partial charge < -0.3 is 20.5 Å². The fraction of sp³-hybridized carbons (Fsp3) is 0.909. The fourth-order valence-corrected chi connectivity index (χ4v) is 2.29. The van der Waals surface area contributed by atoms with E-state index in [1.807, 2.05) is 6.92 Å². The molecular formula is C11H20N2O3. The van der Waals surface area contributed by atoms with Crippen molar-refractivity contribution in [1.82, 2.24) is 10.6 Å². The third kappa shape index (κ3) is 2.72. The van der Waals surface area contributed by atoms with Gasteiger partial charge in [-0.15, -0.1) is 0 Å². The van der Waals surface area contributed by atoms with Crippen LogP contribution >= 0.6 is 0 Å². The first kappa shape index (κ1) is 11.8. The molecule has 2 saturated heterocycles. The molecule has 0 aromatic heterocycles. The van der Waals surface area contributed by atoms with Crippen molar-refractivity contribution >= 4 is 5.91 Å². The molecule has 5 nitrogen and oxygen atoms in total. The molecule has 5 heteroatoms. The van der Waals surface area contributed by atoms with E-state index in [-0.39, 0.29) is 17.6 Å². The minimum absolute atomic E-state index is 0.0340. The van der Waals surface area contributed by atoms with Gasteiger partial charge >= 0.3 is 0 Å². The Morgan fingerprint density at radius 1 is 1.69 bits per heavy atom. The van der Waals surface area contributed by atoms with E-state index in [1.165, 1.54) is 0 Å². The molecule has 0 aromatic rings. The monoisotopic (exact) mass is 228 g/mol. The zero-order chi connectivity index (χ0) is 11.6. The first-order valence-electron chi connectivity index (χ1n) is 5.92. The molecule has 2 heterocycles. The third-order valence-corrected chi connectivity index (χ3v) is 3.36. The Bertz CT molecular complexity index is 264. The molecule has 0 aromatic carbocycles. The number of aliphatic hydroxyl groups excluding tert-OH is 1. The van der Waals surface area contributed by atoms with Crippen LogP contribution in [0.1, 0.15) is 26.2 Å². The van der Waals surface area contributed by atoms with E-state index in [4.69, 9.17) is 4.74 Å². The molecule has 1 amide bonds. The number of carbonyl (C=O) groups excluding carboxylic acids is 1. The average Bonchev–Trinajstić information content (AvgIpc) is 2.85. The van der Waals surface area contributed by atoms with Gasteiger partial charge in [-0.2, -0.15) is 0 Å². The highest BCUT2D eigenvalue weighted by atomic mass is 16.5. The van der Waals surface area contributed by atoms with Gasteiger partial charge in [-0.1, -0.05) is 0 Å². The van der Waals surface area contributed by atoms with Crippen molar-refractivity contribution in [1.29, 1.82) is 0 Å². The number of nitrogens with one attached hydrogen (secondary N) is 2. The lowest BCUT2D eigenvalue weighted by molar-refractivity contribution is -0.124. The van der Waals surface area contributed by atoms with Crippen molar-refractivity contribution in [2.75, 3.05) is 19.7 Å². The molecule has 0 radical (unpaired) electrons. The van der Waals surface area contributed by atoms with Crippen LogP contribution in [0.4, 0.5) is 0 Å². The van der Waals surface area contributed by atoms with Gasteiger partial charge in [0.15, 0.2) is 0 Å². The zero-order valence-corrected chi connectivity index (χ0v) is 9.66. The predicted molar refractivity (Wildman–Crippen MR) is 59.0 cm³/mol. The van der Waals surface area contributed by atoms with Crippen molar-refractivity contribution in [3.05, 3.63) is 0 Å². The van der Waals surface area contributed by atoms with Crippen LogP contribution in [0.3, 0.4) is 0 Å². The number of hydrogen-bond donors (Lipinski definition) is 3. The number of ether oxygens (including phenoxy) is 1. The summed E-state index contributed by atoms with van der Waals surface area (Å²) in [6.45, 7) is 3.87. The third-order valence-electron chi connectivity index (χ3n) is 3.36. The lowest BCUT2D eigenvalue weighted by Crippen LogP contribution is -2.46. The lowest BCUT2D eigenvalue weighted by atomic mass is 10.0. The summed E-state index contributed by atoms with van der Waals surface area (Å²) in [4.78, 5) is 11.7. The molecule has 2 fully saturated rings. The molecule has 0 bridgehead atoms. The van der Waals surface area contributed by atoms with Crippen LogP contribution in [0.25, 0.3) is 0 Å². The Balaban J connectivity index is 1.75. The van der Waals surface area contributed by atoms with E-state index in [9.17, 15) is 9.90 Å². The van der Waals surface area contributed by atoms with E-state index in [0.717, 1.165) is 19.4 Å². The summed E-state index contributed by atoms with van der Waals surface area (Å²) < 4.78 is 5.59. The van der Waals surface area contributed by atoms with Gasteiger partial charge in [0, 0.05) is 19.7 Å². The topological polar surface area (TPSA) is 70.6 Å². The molecule has 16 heavy (non-hydrogen) atoms. The Morgan fingerprint density at radius 2 is 2.50 bits per heavy atom. The summed E-state index contributed by atoms with van der Waals surface area (Å²) in [6.07, 6.45) is 2.17. The maximum absolute atomic E-state index is 11.7. The number of carbonyl (C=O) groups is 1. The largest absolute Gasteiger partial charge is 0.392 e. The minimum atomic E-state index is -0.394.